The van der Waals surface area contributed by atoms with Crippen LogP contribution in [0.1, 0.15) is 28.8 Å². The minimum Gasteiger partial charge on any atom is -0.508 e. The molecule has 0 unspecified atom stereocenters. The van der Waals surface area contributed by atoms with Gasteiger partial charge in [-0.2, -0.15) is 0 Å². The van der Waals surface area contributed by atoms with Crippen molar-refractivity contribution in [2.45, 2.75) is 25.3 Å². The summed E-state index contributed by atoms with van der Waals surface area (Å²) in [5.74, 6) is -2.94. The van der Waals surface area contributed by atoms with Crippen molar-refractivity contribution in [1.82, 2.24) is 10.2 Å². The average Bonchev–Trinajstić information content (AvgIpc) is 3.09. The molecular weight excluding hydrogens is 394 g/mol. The summed E-state index contributed by atoms with van der Waals surface area (Å²) in [6.45, 7) is 0.140. The van der Waals surface area contributed by atoms with Gasteiger partial charge in [-0.25, -0.2) is 8.78 Å². The second-order valence-corrected chi connectivity index (χ2v) is 7.54. The summed E-state index contributed by atoms with van der Waals surface area (Å²) >= 11 is 0. The number of halogens is 2. The second-order valence-electron chi connectivity index (χ2n) is 7.54. The largest absolute Gasteiger partial charge is 0.508 e. The molecule has 0 bridgehead atoms. The Kier molecular flexibility index (Phi) is 5.11. The molecule has 158 valence electrons. The van der Waals surface area contributed by atoms with Crippen LogP contribution < -0.4 is 5.32 Å². The summed E-state index contributed by atoms with van der Waals surface area (Å²) in [6.07, 6.45) is 0.204. The quantitative estimate of drug-likeness (QED) is 0.596. The lowest BCUT2D eigenvalue weighted by Gasteiger charge is -2.32. The summed E-state index contributed by atoms with van der Waals surface area (Å²) in [5.41, 5.74) is 1.52. The summed E-state index contributed by atoms with van der Waals surface area (Å²) in [6, 6.07) is 9.18. The van der Waals surface area contributed by atoms with Crippen LogP contribution in [0.2, 0.25) is 0 Å². The number of carbonyl (C=O) groups excluding carboxylic acids is 1. The molecular formula is C22H22F2N2O4. The van der Waals surface area contributed by atoms with Crippen LogP contribution in [0.25, 0.3) is 22.3 Å². The van der Waals surface area contributed by atoms with Gasteiger partial charge in [-0.1, -0.05) is 0 Å². The zero-order chi connectivity index (χ0) is 21.5. The number of phenols is 2. The third-order valence-corrected chi connectivity index (χ3v) is 5.38. The van der Waals surface area contributed by atoms with Crippen molar-refractivity contribution in [1.29, 1.82) is 0 Å². The number of amides is 1. The Hall–Kier alpha value is -3.13. The van der Waals surface area contributed by atoms with Gasteiger partial charge in [0.2, 0.25) is 0 Å². The second kappa shape index (κ2) is 7.60. The highest BCUT2D eigenvalue weighted by Crippen LogP contribution is 2.40. The Bertz CT molecular complexity index is 1090. The first-order valence-corrected chi connectivity index (χ1v) is 9.68. The van der Waals surface area contributed by atoms with Crippen LogP contribution >= 0.6 is 0 Å². The molecule has 6 nitrogen and oxygen atoms in total. The van der Waals surface area contributed by atoms with E-state index in [-0.39, 0.29) is 35.8 Å². The van der Waals surface area contributed by atoms with E-state index in [9.17, 15) is 23.8 Å². The van der Waals surface area contributed by atoms with Crippen LogP contribution in [0.15, 0.2) is 40.8 Å². The number of benzene rings is 2. The first kappa shape index (κ1) is 20.2. The number of carbonyl (C=O) groups is 1. The summed E-state index contributed by atoms with van der Waals surface area (Å²) in [5, 5.41) is 23.1. The third-order valence-electron chi connectivity index (χ3n) is 5.38. The van der Waals surface area contributed by atoms with E-state index < -0.39 is 18.4 Å². The number of likely N-dealkylation sites (tertiary alicyclic amines) is 1. The molecule has 0 aliphatic carbocycles. The van der Waals surface area contributed by atoms with Crippen molar-refractivity contribution < 1.29 is 28.2 Å². The predicted molar refractivity (Wildman–Crippen MR) is 108 cm³/mol. The topological polar surface area (TPSA) is 85.9 Å². The molecule has 2 aromatic carbocycles. The van der Waals surface area contributed by atoms with Gasteiger partial charge in [0, 0.05) is 36.5 Å². The lowest BCUT2D eigenvalue weighted by atomic mass is 9.99. The van der Waals surface area contributed by atoms with Crippen molar-refractivity contribution in [3.8, 4) is 22.8 Å². The number of rotatable bonds is 4. The summed E-state index contributed by atoms with van der Waals surface area (Å²) in [4.78, 5) is 14.4. The Morgan fingerprint density at radius 2 is 1.93 bits per heavy atom. The van der Waals surface area contributed by atoms with Crippen molar-refractivity contribution >= 4 is 16.9 Å². The number of fused-ring (bicyclic) bond motifs is 1. The van der Waals surface area contributed by atoms with Gasteiger partial charge in [0.05, 0.1) is 12.1 Å². The standard InChI is InChI=1S/C22H22F2N2O4/c1-25-21(29)19-18-15(11-26-10-2-9-22(23,24)12-26)16(28)7-8-17(18)30-20(19)13-3-5-14(27)6-4-13/h3-8,27-28H,2,9-12H2,1H3,(H,25,29). The molecule has 30 heavy (non-hydrogen) atoms. The van der Waals surface area contributed by atoms with Crippen LogP contribution in [0.4, 0.5) is 8.78 Å². The fourth-order valence-corrected chi connectivity index (χ4v) is 3.97. The molecule has 0 atom stereocenters. The molecule has 0 saturated carbocycles. The number of alkyl halides is 2. The van der Waals surface area contributed by atoms with E-state index in [0.717, 1.165) is 0 Å². The normalized spacial score (nSPS) is 16.6. The highest BCUT2D eigenvalue weighted by Gasteiger charge is 2.36. The van der Waals surface area contributed by atoms with Crippen LogP contribution in [-0.4, -0.2) is 47.1 Å². The molecule has 1 fully saturated rings. The van der Waals surface area contributed by atoms with Crippen LogP contribution in [0.3, 0.4) is 0 Å². The molecule has 3 N–H and O–H groups in total. The summed E-state index contributed by atoms with van der Waals surface area (Å²) in [7, 11) is 1.48. The first-order valence-electron chi connectivity index (χ1n) is 9.68. The molecule has 2 heterocycles. The van der Waals surface area contributed by atoms with Gasteiger partial charge in [0.15, 0.2) is 0 Å². The number of aromatic hydroxyl groups is 2. The maximum Gasteiger partial charge on any atom is 0.260 e. The van der Waals surface area contributed by atoms with E-state index in [1.807, 2.05) is 0 Å². The number of piperidine rings is 1. The maximum atomic E-state index is 13.9. The first-order chi connectivity index (χ1) is 14.3. The van der Waals surface area contributed by atoms with Gasteiger partial charge in [0.1, 0.15) is 22.8 Å². The van der Waals surface area contributed by atoms with Crippen molar-refractivity contribution in [3.63, 3.8) is 0 Å². The number of nitrogens with one attached hydrogen (secondary N) is 1. The fraction of sp³-hybridized carbons (Fsp3) is 0.318. The van der Waals surface area contributed by atoms with Gasteiger partial charge in [-0.15, -0.1) is 0 Å². The lowest BCUT2D eigenvalue weighted by molar-refractivity contribution is -0.0661. The molecule has 0 radical (unpaired) electrons. The number of phenolic OH excluding ortho intramolecular Hbond substituents is 2. The van der Waals surface area contributed by atoms with Gasteiger partial charge in [-0.05, 0) is 49.4 Å². The van der Waals surface area contributed by atoms with Crippen LogP contribution in [-0.2, 0) is 6.54 Å². The zero-order valence-electron chi connectivity index (χ0n) is 16.4. The minimum absolute atomic E-state index is 0.0668. The average molecular weight is 416 g/mol. The molecule has 4 rings (SSSR count). The summed E-state index contributed by atoms with van der Waals surface area (Å²) < 4.78 is 33.7. The number of furan rings is 1. The SMILES string of the molecule is CNC(=O)c1c(-c2ccc(O)cc2)oc2ccc(O)c(CN3CCCC(F)(F)C3)c12. The lowest BCUT2D eigenvalue weighted by Crippen LogP contribution is -2.42. The third kappa shape index (κ3) is 3.70. The van der Waals surface area contributed by atoms with Gasteiger partial charge >= 0.3 is 0 Å². The van der Waals surface area contributed by atoms with E-state index in [1.54, 1.807) is 23.1 Å². The number of hydrogen-bond acceptors (Lipinski definition) is 5. The molecule has 1 aliphatic heterocycles. The van der Waals surface area contributed by atoms with E-state index >= 15 is 0 Å². The fourth-order valence-electron chi connectivity index (χ4n) is 3.97. The van der Waals surface area contributed by atoms with Crippen molar-refractivity contribution in [2.24, 2.45) is 0 Å². The van der Waals surface area contributed by atoms with E-state index in [2.05, 4.69) is 5.32 Å². The highest BCUT2D eigenvalue weighted by molar-refractivity contribution is 6.12. The molecule has 1 aliphatic rings. The molecule has 0 spiro atoms. The van der Waals surface area contributed by atoms with E-state index in [0.29, 0.717) is 35.1 Å². The zero-order valence-corrected chi connectivity index (χ0v) is 16.4. The Morgan fingerprint density at radius 1 is 1.20 bits per heavy atom. The van der Waals surface area contributed by atoms with E-state index in [4.69, 9.17) is 4.42 Å². The Balaban J connectivity index is 1.87. The monoisotopic (exact) mass is 416 g/mol. The van der Waals surface area contributed by atoms with Crippen molar-refractivity contribution in [2.75, 3.05) is 20.1 Å². The predicted octanol–water partition coefficient (Wildman–Crippen LogP) is 4.10. The van der Waals surface area contributed by atoms with Gasteiger partial charge in [-0.3, -0.25) is 9.69 Å². The molecule has 3 aromatic rings. The van der Waals surface area contributed by atoms with Gasteiger partial charge < -0.3 is 19.9 Å². The number of hydrogen-bond donors (Lipinski definition) is 3. The molecule has 8 heteroatoms. The number of nitrogens with zero attached hydrogens (tertiary/aromatic N) is 1. The smallest absolute Gasteiger partial charge is 0.260 e. The maximum absolute atomic E-state index is 13.9. The van der Waals surface area contributed by atoms with Crippen molar-refractivity contribution in [3.05, 3.63) is 47.5 Å². The minimum atomic E-state index is -2.78. The van der Waals surface area contributed by atoms with Gasteiger partial charge in [0.25, 0.3) is 11.8 Å². The van der Waals surface area contributed by atoms with E-state index in [1.165, 1.54) is 25.2 Å². The molecule has 1 aromatic heterocycles. The Morgan fingerprint density at radius 3 is 2.60 bits per heavy atom. The highest BCUT2D eigenvalue weighted by atomic mass is 19.3. The van der Waals surface area contributed by atoms with Crippen LogP contribution in [0.5, 0.6) is 11.5 Å². The van der Waals surface area contributed by atoms with Crippen LogP contribution in [0, 0.1) is 0 Å². The molecule has 1 saturated heterocycles. The Labute approximate surface area is 171 Å². The molecule has 1 amide bonds.